The maximum absolute atomic E-state index is 13.6. The zero-order valence-corrected chi connectivity index (χ0v) is 29.1. The Balaban J connectivity index is 0.000000442. The second kappa shape index (κ2) is 17.4. The van der Waals surface area contributed by atoms with Crippen LogP contribution in [0.2, 0.25) is 5.02 Å². The summed E-state index contributed by atoms with van der Waals surface area (Å²) in [5.74, 6) is -5.22. The molecule has 0 unspecified atom stereocenters. The number of aromatic nitrogens is 1. The number of aromatic amines is 1. The van der Waals surface area contributed by atoms with Gasteiger partial charge in [-0.15, -0.1) is 4.91 Å². The number of carbonyl (C=O) groups excluding carboxylic acids is 2. The number of carbonyl (C=O) groups is 5. The van der Waals surface area contributed by atoms with Crippen LogP contribution < -0.4 is 4.74 Å². The molecule has 0 radical (unpaired) electrons. The van der Waals surface area contributed by atoms with E-state index in [1.165, 1.54) is 7.11 Å². The first-order valence-electron chi connectivity index (χ1n) is 15.3. The minimum Gasteiger partial charge on any atom is -0.496 e. The summed E-state index contributed by atoms with van der Waals surface area (Å²) in [5.41, 5.74) is 0.308. The summed E-state index contributed by atoms with van der Waals surface area (Å²) in [7, 11) is 3.56. The van der Waals surface area contributed by atoms with Gasteiger partial charge in [-0.25, -0.2) is 4.79 Å². The number of benzene rings is 2. The van der Waals surface area contributed by atoms with Crippen LogP contribution in [-0.2, 0) is 30.3 Å². The van der Waals surface area contributed by atoms with E-state index in [-0.39, 0.29) is 23.6 Å². The van der Waals surface area contributed by atoms with Gasteiger partial charge in [0.1, 0.15) is 5.75 Å². The maximum Gasteiger partial charge on any atom is 0.336 e. The second-order valence-corrected chi connectivity index (χ2v) is 13.5. The van der Waals surface area contributed by atoms with E-state index >= 15 is 0 Å². The standard InChI is InChI=1S/C27H30ClN3O5S.C6H8O7/c1-17-20(16-23(32)36-15-12-27(37-30-34)10-13-31(2)14-11-27)24-21(29-17)8-9-22(35-3)25(24)26(33)18-4-6-19(28)7-5-18;7-3(8)1-6(13,5(11)12)2-4(9)10/h4-9,29H,10-16H2,1-3H3;13H,1-2H2,(H,7,8)(H,9,10)(H,11,12). The van der Waals surface area contributed by atoms with Crippen molar-refractivity contribution in [1.82, 2.24) is 9.88 Å². The van der Waals surface area contributed by atoms with Crippen LogP contribution in [0.25, 0.3) is 10.9 Å². The quantitative estimate of drug-likeness (QED) is 0.0627. The number of nitroso groups, excluding NO2 is 1. The molecule has 2 heterocycles. The number of ketones is 1. The highest BCUT2D eigenvalue weighted by Crippen LogP contribution is 2.40. The SMILES string of the molecule is COc1ccc2[nH]c(C)c(CC(=O)OCCC3(SN=O)CCN(C)CC3)c2c1C(=O)c1ccc(Cl)cc1.O=C(O)CC(O)(CC(=O)O)C(=O)O. The van der Waals surface area contributed by atoms with Crippen LogP contribution in [-0.4, -0.2) is 104 Å². The van der Waals surface area contributed by atoms with Crippen LogP contribution >= 0.6 is 23.5 Å². The second-order valence-electron chi connectivity index (χ2n) is 11.9. The molecule has 0 atom stereocenters. The van der Waals surface area contributed by atoms with Gasteiger partial charge in [-0.1, -0.05) is 11.6 Å². The number of aliphatic hydroxyl groups is 1. The molecule has 1 saturated heterocycles. The Kier molecular flexibility index (Phi) is 13.9. The van der Waals surface area contributed by atoms with Crippen molar-refractivity contribution in [1.29, 1.82) is 0 Å². The minimum atomic E-state index is -2.74. The van der Waals surface area contributed by atoms with Gasteiger partial charge < -0.3 is 39.8 Å². The lowest BCUT2D eigenvalue weighted by atomic mass is 9.93. The van der Waals surface area contributed by atoms with Crippen molar-refractivity contribution < 1.29 is 53.9 Å². The van der Waals surface area contributed by atoms with Gasteiger partial charge in [-0.3, -0.25) is 19.2 Å². The average Bonchev–Trinajstić information content (AvgIpc) is 3.35. The molecule has 5 N–H and O–H groups in total. The number of esters is 1. The number of H-pyrrole nitrogens is 1. The Morgan fingerprint density at radius 1 is 1.02 bits per heavy atom. The fraction of sp³-hybridized carbons (Fsp3) is 0.424. The summed E-state index contributed by atoms with van der Waals surface area (Å²) in [4.78, 5) is 73.5. The van der Waals surface area contributed by atoms with Gasteiger partial charge in [-0.2, -0.15) is 0 Å². The number of aliphatic carboxylic acids is 3. The Morgan fingerprint density at radius 2 is 1.62 bits per heavy atom. The van der Waals surface area contributed by atoms with Crippen molar-refractivity contribution in [3.63, 3.8) is 0 Å². The molecule has 50 heavy (non-hydrogen) atoms. The smallest absolute Gasteiger partial charge is 0.336 e. The van der Waals surface area contributed by atoms with E-state index in [2.05, 4.69) is 14.5 Å². The molecule has 0 aliphatic carbocycles. The number of aryl methyl sites for hydroxylation is 1. The molecule has 17 heteroatoms. The fourth-order valence-corrected chi connectivity index (χ4v) is 6.40. The highest BCUT2D eigenvalue weighted by molar-refractivity contribution is 7.99. The van der Waals surface area contributed by atoms with Crippen LogP contribution in [0, 0.1) is 11.8 Å². The number of fused-ring (bicyclic) bond motifs is 1. The normalized spacial score (nSPS) is 14.3. The van der Waals surface area contributed by atoms with Crippen molar-refractivity contribution in [3.05, 3.63) is 68.7 Å². The first-order valence-corrected chi connectivity index (χ1v) is 16.4. The van der Waals surface area contributed by atoms with E-state index < -0.39 is 42.3 Å². The Bertz CT molecular complexity index is 1720. The summed E-state index contributed by atoms with van der Waals surface area (Å²) in [6, 6.07) is 10.2. The highest BCUT2D eigenvalue weighted by atomic mass is 35.5. The van der Waals surface area contributed by atoms with Gasteiger partial charge in [0.25, 0.3) is 0 Å². The van der Waals surface area contributed by atoms with Crippen LogP contribution in [0.3, 0.4) is 0 Å². The van der Waals surface area contributed by atoms with Gasteiger partial charge >= 0.3 is 23.9 Å². The summed E-state index contributed by atoms with van der Waals surface area (Å²) in [6.45, 7) is 3.81. The van der Waals surface area contributed by atoms with E-state index in [0.717, 1.165) is 49.1 Å². The molecule has 4 rings (SSSR count). The van der Waals surface area contributed by atoms with E-state index in [9.17, 15) is 28.9 Å². The van der Waals surface area contributed by atoms with E-state index in [1.807, 2.05) is 20.0 Å². The third-order valence-electron chi connectivity index (χ3n) is 8.35. The summed E-state index contributed by atoms with van der Waals surface area (Å²) in [5, 5.41) is 35.0. The Morgan fingerprint density at radius 3 is 2.14 bits per heavy atom. The summed E-state index contributed by atoms with van der Waals surface area (Å²) >= 11 is 7.07. The summed E-state index contributed by atoms with van der Waals surface area (Å²) < 4.78 is 13.9. The number of hydrogen-bond donors (Lipinski definition) is 5. The maximum atomic E-state index is 13.6. The van der Waals surface area contributed by atoms with E-state index in [0.29, 0.717) is 39.3 Å². The van der Waals surface area contributed by atoms with Crippen LogP contribution in [0.1, 0.15) is 59.3 Å². The molecular formula is C33H38ClN3O12S. The van der Waals surface area contributed by atoms with Gasteiger partial charge in [0.05, 0.1) is 38.5 Å². The van der Waals surface area contributed by atoms with E-state index in [4.69, 9.17) is 41.5 Å². The number of carboxylic acid groups (broad SMARTS) is 3. The number of hydrogen-bond acceptors (Lipinski definition) is 12. The molecule has 0 amide bonds. The van der Waals surface area contributed by atoms with Crippen molar-refractivity contribution >= 4 is 64.1 Å². The molecule has 270 valence electrons. The Hall–Kier alpha value is -4.51. The number of nitrogens with zero attached hydrogens (tertiary/aromatic N) is 2. The molecule has 2 aromatic carbocycles. The number of piperidine rings is 1. The lowest BCUT2D eigenvalue weighted by Gasteiger charge is -2.37. The molecule has 3 aromatic rings. The van der Waals surface area contributed by atoms with E-state index in [1.54, 1.807) is 30.3 Å². The van der Waals surface area contributed by atoms with Gasteiger partial charge in [-0.05, 0) is 88.3 Å². The fourth-order valence-electron chi connectivity index (χ4n) is 5.58. The number of nitrogens with one attached hydrogen (secondary N) is 1. The van der Waals surface area contributed by atoms with Crippen molar-refractivity contribution in [3.8, 4) is 5.75 Å². The number of halogens is 1. The van der Waals surface area contributed by atoms with Crippen LogP contribution in [0.4, 0.5) is 0 Å². The first-order chi connectivity index (χ1) is 23.5. The molecular weight excluding hydrogens is 698 g/mol. The third-order valence-corrected chi connectivity index (χ3v) is 9.68. The number of carboxylic acids is 3. The highest BCUT2D eigenvalue weighted by Gasteiger charge is 2.41. The number of rotatable bonds is 15. The van der Waals surface area contributed by atoms with Crippen molar-refractivity contribution in [2.45, 2.75) is 55.8 Å². The molecule has 1 aliphatic rings. The van der Waals surface area contributed by atoms with Gasteiger partial charge in [0.15, 0.2) is 11.4 Å². The predicted molar refractivity (Wildman–Crippen MR) is 184 cm³/mol. The van der Waals surface area contributed by atoms with Crippen LogP contribution in [0.5, 0.6) is 5.75 Å². The zero-order chi connectivity index (χ0) is 37.2. The van der Waals surface area contributed by atoms with Crippen LogP contribution in [0.15, 0.2) is 41.0 Å². The lowest BCUT2D eigenvalue weighted by Crippen LogP contribution is -2.42. The number of ether oxygens (including phenoxy) is 2. The minimum absolute atomic E-state index is 0.00525. The van der Waals surface area contributed by atoms with Crippen molar-refractivity contribution in [2.24, 2.45) is 4.58 Å². The molecule has 1 aromatic heterocycles. The Labute approximate surface area is 296 Å². The molecule has 15 nitrogen and oxygen atoms in total. The molecule has 0 saturated carbocycles. The largest absolute Gasteiger partial charge is 0.496 e. The third kappa shape index (κ3) is 10.3. The molecule has 0 spiro atoms. The van der Waals surface area contributed by atoms with Gasteiger partial charge in [0, 0.05) is 48.5 Å². The number of likely N-dealkylation sites (tertiary alicyclic amines) is 1. The van der Waals surface area contributed by atoms with Crippen molar-refractivity contribution in [2.75, 3.05) is 33.9 Å². The lowest BCUT2D eigenvalue weighted by molar-refractivity contribution is -0.170. The predicted octanol–water partition coefficient (Wildman–Crippen LogP) is 4.48. The number of methoxy groups -OCH3 is 1. The van der Waals surface area contributed by atoms with Gasteiger partial charge in [0.2, 0.25) is 0 Å². The molecule has 1 fully saturated rings. The summed E-state index contributed by atoms with van der Waals surface area (Å²) in [6.07, 6.45) is -0.105. The average molecular weight is 736 g/mol. The zero-order valence-electron chi connectivity index (χ0n) is 27.6. The first kappa shape index (κ1) is 39.9. The molecule has 0 bridgehead atoms. The topological polar surface area (TPSA) is 233 Å². The molecule has 1 aliphatic heterocycles. The monoisotopic (exact) mass is 735 g/mol.